The Balaban J connectivity index is 2.07. The Bertz CT molecular complexity index is 684. The van der Waals surface area contributed by atoms with Crippen LogP contribution in [0.3, 0.4) is 0 Å². The number of carbonyl (C=O) groups is 1. The summed E-state index contributed by atoms with van der Waals surface area (Å²) in [5, 5.41) is 6.19. The molecule has 3 nitrogen and oxygen atoms in total. The molecule has 2 rings (SSSR count). The van der Waals surface area contributed by atoms with Crippen LogP contribution in [-0.4, -0.2) is 6.03 Å². The second kappa shape index (κ2) is 6.36. The minimum absolute atomic E-state index is 0.307. The van der Waals surface area contributed by atoms with Gasteiger partial charge in [-0.25, -0.2) is 9.18 Å². The fraction of sp³-hybridized carbons (Fsp3) is 0.235. The summed E-state index contributed by atoms with van der Waals surface area (Å²) in [6.07, 6.45) is 0. The quantitative estimate of drug-likeness (QED) is 0.834. The maximum Gasteiger partial charge on any atom is 0.319 e. The molecule has 0 fully saturated rings. The Morgan fingerprint density at radius 1 is 1.14 bits per heavy atom. The molecule has 0 atom stereocenters. The van der Waals surface area contributed by atoms with Crippen molar-refractivity contribution in [3.8, 4) is 0 Å². The molecule has 0 aromatic heterocycles. The van der Waals surface area contributed by atoms with Crippen molar-refractivity contribution in [3.05, 3.63) is 64.4 Å². The third-order valence-electron chi connectivity index (χ3n) is 3.42. The number of hydrogen-bond acceptors (Lipinski definition) is 1. The van der Waals surface area contributed by atoms with Crippen LogP contribution in [0.4, 0.5) is 14.9 Å². The number of benzene rings is 2. The van der Waals surface area contributed by atoms with Crippen molar-refractivity contribution in [1.82, 2.24) is 5.32 Å². The summed E-state index contributed by atoms with van der Waals surface area (Å²) < 4.78 is 13.0. The summed E-state index contributed by atoms with van der Waals surface area (Å²) in [4.78, 5) is 12.1. The van der Waals surface area contributed by atoms with Gasteiger partial charge in [-0.1, -0.05) is 29.8 Å². The highest BCUT2D eigenvalue weighted by molar-refractivity contribution is 6.31. The second-order valence-electron chi connectivity index (χ2n) is 5.67. The summed E-state index contributed by atoms with van der Waals surface area (Å²) in [5.74, 6) is -0.307. The Kier molecular flexibility index (Phi) is 4.71. The highest BCUT2D eigenvalue weighted by atomic mass is 35.5. The topological polar surface area (TPSA) is 41.1 Å². The Morgan fingerprint density at radius 3 is 2.36 bits per heavy atom. The van der Waals surface area contributed by atoms with Crippen molar-refractivity contribution in [2.45, 2.75) is 26.3 Å². The minimum atomic E-state index is -0.633. The average molecular weight is 321 g/mol. The molecule has 0 radical (unpaired) electrons. The molecular weight excluding hydrogens is 303 g/mol. The number of halogens is 2. The number of amides is 2. The first-order valence-electron chi connectivity index (χ1n) is 6.89. The van der Waals surface area contributed by atoms with Gasteiger partial charge in [0.15, 0.2) is 0 Å². The van der Waals surface area contributed by atoms with E-state index in [1.165, 1.54) is 12.1 Å². The van der Waals surface area contributed by atoms with Crippen molar-refractivity contribution in [3.63, 3.8) is 0 Å². The van der Waals surface area contributed by atoms with Crippen LogP contribution in [-0.2, 0) is 5.54 Å². The molecule has 2 aromatic rings. The second-order valence-corrected chi connectivity index (χ2v) is 6.08. The molecule has 0 aliphatic heterocycles. The van der Waals surface area contributed by atoms with Crippen LogP contribution < -0.4 is 10.6 Å². The van der Waals surface area contributed by atoms with E-state index in [1.54, 1.807) is 24.3 Å². The van der Waals surface area contributed by atoms with Gasteiger partial charge < -0.3 is 10.6 Å². The maximum absolute atomic E-state index is 13.0. The van der Waals surface area contributed by atoms with E-state index in [1.807, 2.05) is 26.8 Å². The largest absolute Gasteiger partial charge is 0.329 e. The van der Waals surface area contributed by atoms with Crippen molar-refractivity contribution >= 4 is 23.3 Å². The summed E-state index contributed by atoms with van der Waals surface area (Å²) >= 11 is 6.03. The van der Waals surface area contributed by atoms with Crippen LogP contribution in [0.1, 0.15) is 25.0 Å². The van der Waals surface area contributed by atoms with Crippen molar-refractivity contribution in [1.29, 1.82) is 0 Å². The lowest BCUT2D eigenvalue weighted by Gasteiger charge is -2.27. The predicted molar refractivity (Wildman–Crippen MR) is 87.8 cm³/mol. The number of anilines is 1. The third-order valence-corrected chi connectivity index (χ3v) is 3.83. The summed E-state index contributed by atoms with van der Waals surface area (Å²) in [7, 11) is 0. The van der Waals surface area contributed by atoms with Gasteiger partial charge in [0.25, 0.3) is 0 Å². The number of nitrogens with one attached hydrogen (secondary N) is 2. The highest BCUT2D eigenvalue weighted by Gasteiger charge is 2.22. The van der Waals surface area contributed by atoms with Gasteiger partial charge in [-0.05, 0) is 56.2 Å². The molecule has 0 heterocycles. The molecule has 22 heavy (non-hydrogen) atoms. The molecule has 2 N–H and O–H groups in total. The molecule has 116 valence electrons. The lowest BCUT2D eigenvalue weighted by Crippen LogP contribution is -2.43. The van der Waals surface area contributed by atoms with Crippen LogP contribution in [0.2, 0.25) is 5.02 Å². The molecule has 0 aliphatic rings. The van der Waals surface area contributed by atoms with Gasteiger partial charge >= 0.3 is 6.03 Å². The molecule has 0 saturated heterocycles. The van der Waals surface area contributed by atoms with Gasteiger partial charge in [-0.3, -0.25) is 0 Å². The SMILES string of the molecule is Cc1ccc(NC(=O)NC(C)(C)c2ccc(F)cc2)cc1Cl. The van der Waals surface area contributed by atoms with Crippen LogP contribution in [0.25, 0.3) is 0 Å². The highest BCUT2D eigenvalue weighted by Crippen LogP contribution is 2.22. The van der Waals surface area contributed by atoms with Crippen LogP contribution >= 0.6 is 11.6 Å². The van der Waals surface area contributed by atoms with Gasteiger partial charge in [0.1, 0.15) is 5.82 Å². The number of carbonyl (C=O) groups excluding carboxylic acids is 1. The standard InChI is InChI=1S/C17H18ClFN2O/c1-11-4-9-14(10-15(11)18)20-16(22)21-17(2,3)12-5-7-13(19)8-6-12/h4-10H,1-3H3,(H2,20,21,22). The first-order chi connectivity index (χ1) is 10.3. The molecule has 5 heteroatoms. The van der Waals surface area contributed by atoms with Crippen LogP contribution in [0, 0.1) is 12.7 Å². The van der Waals surface area contributed by atoms with Gasteiger partial charge in [-0.15, -0.1) is 0 Å². The Labute approximate surface area is 134 Å². The van der Waals surface area contributed by atoms with E-state index in [9.17, 15) is 9.18 Å². The molecule has 0 unspecified atom stereocenters. The fourth-order valence-electron chi connectivity index (χ4n) is 2.06. The number of aryl methyl sites for hydroxylation is 1. The molecule has 0 aliphatic carbocycles. The smallest absolute Gasteiger partial charge is 0.319 e. The van der Waals surface area contributed by atoms with Crippen molar-refractivity contribution in [2.75, 3.05) is 5.32 Å². The average Bonchev–Trinajstić information content (AvgIpc) is 2.42. The molecular formula is C17H18ClFN2O. The lowest BCUT2D eigenvalue weighted by molar-refractivity contribution is 0.242. The minimum Gasteiger partial charge on any atom is -0.329 e. The van der Waals surface area contributed by atoms with Crippen LogP contribution in [0.15, 0.2) is 42.5 Å². The molecule has 2 aromatic carbocycles. The normalized spacial score (nSPS) is 11.1. The summed E-state index contributed by atoms with van der Waals surface area (Å²) in [6, 6.07) is 11.0. The fourth-order valence-corrected chi connectivity index (χ4v) is 2.24. The lowest BCUT2D eigenvalue weighted by atomic mass is 9.94. The van der Waals surface area contributed by atoms with Crippen LogP contribution in [0.5, 0.6) is 0 Å². The molecule has 0 bridgehead atoms. The Morgan fingerprint density at radius 2 is 1.77 bits per heavy atom. The Hall–Kier alpha value is -2.07. The zero-order valence-electron chi connectivity index (χ0n) is 12.7. The van der Waals surface area contributed by atoms with Crippen molar-refractivity contribution in [2.24, 2.45) is 0 Å². The number of urea groups is 1. The first-order valence-corrected chi connectivity index (χ1v) is 7.27. The van der Waals surface area contributed by atoms with E-state index >= 15 is 0 Å². The van der Waals surface area contributed by atoms with Gasteiger partial charge in [0, 0.05) is 10.7 Å². The zero-order valence-corrected chi connectivity index (χ0v) is 13.5. The van der Waals surface area contributed by atoms with Crippen molar-refractivity contribution < 1.29 is 9.18 Å². The monoisotopic (exact) mass is 320 g/mol. The van der Waals surface area contributed by atoms with E-state index in [4.69, 9.17) is 11.6 Å². The van der Waals surface area contributed by atoms with E-state index in [0.29, 0.717) is 10.7 Å². The number of rotatable bonds is 3. The van der Waals surface area contributed by atoms with E-state index in [-0.39, 0.29) is 11.8 Å². The summed E-state index contributed by atoms with van der Waals surface area (Å²) in [5.41, 5.74) is 1.74. The van der Waals surface area contributed by atoms with Gasteiger partial charge in [0.2, 0.25) is 0 Å². The zero-order chi connectivity index (χ0) is 16.3. The molecule has 0 spiro atoms. The first kappa shape index (κ1) is 16.3. The number of hydrogen-bond donors (Lipinski definition) is 2. The maximum atomic E-state index is 13.0. The van der Waals surface area contributed by atoms with E-state index < -0.39 is 5.54 Å². The van der Waals surface area contributed by atoms with Gasteiger partial charge in [0.05, 0.1) is 5.54 Å². The third kappa shape index (κ3) is 3.98. The summed E-state index contributed by atoms with van der Waals surface area (Å²) in [6.45, 7) is 5.59. The predicted octanol–water partition coefficient (Wildman–Crippen LogP) is 4.84. The van der Waals surface area contributed by atoms with E-state index in [0.717, 1.165) is 11.1 Å². The van der Waals surface area contributed by atoms with Gasteiger partial charge in [-0.2, -0.15) is 0 Å². The molecule has 2 amide bonds. The molecule has 0 saturated carbocycles. The van der Waals surface area contributed by atoms with E-state index in [2.05, 4.69) is 10.6 Å².